The number of ether oxygens (including phenoxy) is 2. The molecule has 0 aliphatic rings. The number of carbonyl (C=O) groups excluding carboxylic acids is 3. The lowest BCUT2D eigenvalue weighted by Crippen LogP contribution is -2.18. The number of aromatic nitrogens is 3. The van der Waals surface area contributed by atoms with Crippen molar-refractivity contribution in [3.8, 4) is 11.4 Å². The molecule has 2 heterocycles. The predicted octanol–water partition coefficient (Wildman–Crippen LogP) is 4.20. The van der Waals surface area contributed by atoms with Crippen molar-refractivity contribution in [2.24, 2.45) is 0 Å². The van der Waals surface area contributed by atoms with E-state index in [-0.39, 0.29) is 28.5 Å². The van der Waals surface area contributed by atoms with Gasteiger partial charge in [-0.3, -0.25) is 4.79 Å². The van der Waals surface area contributed by atoms with E-state index in [1.807, 2.05) is 11.5 Å². The Kier molecular flexibility index (Phi) is 8.46. The summed E-state index contributed by atoms with van der Waals surface area (Å²) in [5, 5.41) is 14.1. The molecule has 1 amide bonds. The van der Waals surface area contributed by atoms with Crippen LogP contribution in [0.1, 0.15) is 45.0 Å². The van der Waals surface area contributed by atoms with E-state index in [9.17, 15) is 14.4 Å². The second-order valence-electron chi connectivity index (χ2n) is 7.17. The third-order valence-electron chi connectivity index (χ3n) is 5.18. The van der Waals surface area contributed by atoms with Crippen molar-refractivity contribution in [1.82, 2.24) is 14.8 Å². The Balaban J connectivity index is 1.79. The molecule has 0 unspecified atom stereocenters. The SMILES string of the molecule is CCc1c(-c2nnc(SCC(=O)Nc3cc(C(=O)OC)ccc3C(=O)OC)n2CC)csc1C. The Morgan fingerprint density at radius 3 is 2.50 bits per heavy atom. The number of anilines is 1. The highest BCUT2D eigenvalue weighted by Gasteiger charge is 2.20. The van der Waals surface area contributed by atoms with Crippen molar-refractivity contribution in [3.05, 3.63) is 45.1 Å². The minimum absolute atomic E-state index is 0.0322. The minimum atomic E-state index is -0.632. The van der Waals surface area contributed by atoms with Crippen LogP contribution >= 0.6 is 23.1 Å². The number of nitrogens with one attached hydrogen (secondary N) is 1. The first-order chi connectivity index (χ1) is 16.3. The van der Waals surface area contributed by atoms with Gasteiger partial charge in [0.2, 0.25) is 5.91 Å². The summed E-state index contributed by atoms with van der Waals surface area (Å²) in [6, 6.07) is 4.23. The Morgan fingerprint density at radius 1 is 1.12 bits per heavy atom. The molecule has 0 bridgehead atoms. The van der Waals surface area contributed by atoms with Crippen LogP contribution < -0.4 is 5.32 Å². The first kappa shape index (κ1) is 25.4. The van der Waals surface area contributed by atoms with E-state index in [1.165, 1.54) is 54.6 Å². The first-order valence-electron chi connectivity index (χ1n) is 10.6. The zero-order valence-electron chi connectivity index (χ0n) is 19.6. The lowest BCUT2D eigenvalue weighted by molar-refractivity contribution is -0.113. The number of esters is 2. The van der Waals surface area contributed by atoms with Gasteiger partial charge in [-0.15, -0.1) is 21.5 Å². The van der Waals surface area contributed by atoms with Crippen LogP contribution in [0.2, 0.25) is 0 Å². The van der Waals surface area contributed by atoms with Crippen molar-refractivity contribution in [1.29, 1.82) is 0 Å². The van der Waals surface area contributed by atoms with E-state index < -0.39 is 11.9 Å². The number of aryl methyl sites for hydroxylation is 1. The van der Waals surface area contributed by atoms with Crippen LogP contribution in [-0.4, -0.2) is 52.6 Å². The molecule has 0 saturated heterocycles. The third-order valence-corrected chi connectivity index (χ3v) is 7.10. The van der Waals surface area contributed by atoms with Crippen molar-refractivity contribution >= 4 is 46.6 Å². The van der Waals surface area contributed by atoms with E-state index in [0.29, 0.717) is 11.7 Å². The fraction of sp³-hybridized carbons (Fsp3) is 0.348. The largest absolute Gasteiger partial charge is 0.465 e. The summed E-state index contributed by atoms with van der Waals surface area (Å²) in [6.45, 7) is 6.86. The van der Waals surface area contributed by atoms with Gasteiger partial charge in [0.05, 0.1) is 36.8 Å². The molecule has 11 heteroatoms. The van der Waals surface area contributed by atoms with Gasteiger partial charge in [0, 0.05) is 22.4 Å². The molecule has 1 aromatic carbocycles. The lowest BCUT2D eigenvalue weighted by Gasteiger charge is -2.12. The number of thiophene rings is 1. The monoisotopic (exact) mass is 502 g/mol. The molecule has 34 heavy (non-hydrogen) atoms. The highest BCUT2D eigenvalue weighted by atomic mass is 32.2. The minimum Gasteiger partial charge on any atom is -0.465 e. The summed E-state index contributed by atoms with van der Waals surface area (Å²) >= 11 is 2.93. The molecule has 0 aliphatic carbocycles. The van der Waals surface area contributed by atoms with Crippen molar-refractivity contribution in [2.45, 2.75) is 38.9 Å². The van der Waals surface area contributed by atoms with Crippen LogP contribution in [0.4, 0.5) is 5.69 Å². The summed E-state index contributed by atoms with van der Waals surface area (Å²) in [5.41, 5.74) is 2.82. The maximum Gasteiger partial charge on any atom is 0.339 e. The summed E-state index contributed by atoms with van der Waals surface area (Å²) < 4.78 is 11.5. The van der Waals surface area contributed by atoms with Gasteiger partial charge in [0.15, 0.2) is 11.0 Å². The van der Waals surface area contributed by atoms with Crippen molar-refractivity contribution < 1.29 is 23.9 Å². The van der Waals surface area contributed by atoms with Gasteiger partial charge < -0.3 is 19.4 Å². The van der Waals surface area contributed by atoms with Crippen LogP contribution in [0.3, 0.4) is 0 Å². The quantitative estimate of drug-likeness (QED) is 0.342. The average Bonchev–Trinajstić information content (AvgIpc) is 3.43. The normalized spacial score (nSPS) is 10.7. The molecular formula is C23H26N4O5S2. The van der Waals surface area contributed by atoms with Crippen LogP contribution in [0.15, 0.2) is 28.7 Å². The number of rotatable bonds is 9. The fourth-order valence-corrected chi connectivity index (χ4v) is 5.22. The molecule has 3 aromatic rings. The van der Waals surface area contributed by atoms with Gasteiger partial charge >= 0.3 is 11.9 Å². The number of benzene rings is 1. The molecule has 0 saturated carbocycles. The summed E-state index contributed by atoms with van der Waals surface area (Å²) in [4.78, 5) is 38.0. The molecule has 0 atom stereocenters. The van der Waals surface area contributed by atoms with E-state index in [0.717, 1.165) is 17.8 Å². The van der Waals surface area contributed by atoms with Gasteiger partial charge in [-0.05, 0) is 44.0 Å². The van der Waals surface area contributed by atoms with E-state index >= 15 is 0 Å². The Hall–Kier alpha value is -3.18. The van der Waals surface area contributed by atoms with Crippen LogP contribution in [-0.2, 0) is 27.2 Å². The van der Waals surface area contributed by atoms with Crippen LogP contribution in [0.5, 0.6) is 0 Å². The molecule has 2 aromatic heterocycles. The first-order valence-corrected chi connectivity index (χ1v) is 12.4. The molecule has 3 rings (SSSR count). The molecule has 9 nitrogen and oxygen atoms in total. The lowest BCUT2D eigenvalue weighted by atomic mass is 10.1. The number of hydrogen-bond donors (Lipinski definition) is 1. The van der Waals surface area contributed by atoms with E-state index in [1.54, 1.807) is 11.3 Å². The number of carbonyl (C=O) groups is 3. The highest BCUT2D eigenvalue weighted by molar-refractivity contribution is 7.99. The van der Waals surface area contributed by atoms with Gasteiger partial charge in [0.1, 0.15) is 0 Å². The number of methoxy groups -OCH3 is 2. The summed E-state index contributed by atoms with van der Waals surface area (Å²) in [6.07, 6.45) is 0.902. The highest BCUT2D eigenvalue weighted by Crippen LogP contribution is 2.32. The molecule has 0 fully saturated rings. The Morgan fingerprint density at radius 2 is 1.85 bits per heavy atom. The van der Waals surface area contributed by atoms with Crippen LogP contribution in [0, 0.1) is 6.92 Å². The van der Waals surface area contributed by atoms with E-state index in [2.05, 4.69) is 34.7 Å². The van der Waals surface area contributed by atoms with Gasteiger partial charge in [-0.2, -0.15) is 0 Å². The maximum absolute atomic E-state index is 12.7. The van der Waals surface area contributed by atoms with Gasteiger partial charge in [0.25, 0.3) is 0 Å². The summed E-state index contributed by atoms with van der Waals surface area (Å²) in [5.74, 6) is -0.771. The number of thioether (sulfide) groups is 1. The fourth-order valence-electron chi connectivity index (χ4n) is 3.48. The number of hydrogen-bond acceptors (Lipinski definition) is 9. The topological polar surface area (TPSA) is 112 Å². The summed E-state index contributed by atoms with van der Waals surface area (Å²) in [7, 11) is 2.50. The maximum atomic E-state index is 12.7. The third kappa shape index (κ3) is 5.31. The Labute approximate surface area is 205 Å². The second-order valence-corrected chi connectivity index (χ2v) is 9.19. The standard InChI is InChI=1S/C23H26N4O5S2/c1-6-15-13(3)33-11-17(15)20-25-26-23(27(20)7-2)34-12-19(28)24-18-10-14(21(29)31-4)8-9-16(18)22(30)32-5/h8-11H,6-7,12H2,1-5H3,(H,24,28). The smallest absolute Gasteiger partial charge is 0.339 e. The van der Waals surface area contributed by atoms with Crippen molar-refractivity contribution in [2.75, 3.05) is 25.3 Å². The molecular weight excluding hydrogens is 476 g/mol. The Bertz CT molecular complexity index is 1220. The molecule has 0 aliphatic heterocycles. The van der Waals surface area contributed by atoms with E-state index in [4.69, 9.17) is 9.47 Å². The number of amides is 1. The zero-order valence-corrected chi connectivity index (χ0v) is 21.3. The predicted molar refractivity (Wildman–Crippen MR) is 132 cm³/mol. The molecule has 1 N–H and O–H groups in total. The zero-order chi connectivity index (χ0) is 24.8. The van der Waals surface area contributed by atoms with Gasteiger partial charge in [-0.25, -0.2) is 9.59 Å². The average molecular weight is 503 g/mol. The molecule has 0 radical (unpaired) electrons. The second kappa shape index (κ2) is 11.3. The van der Waals surface area contributed by atoms with Crippen LogP contribution in [0.25, 0.3) is 11.4 Å². The molecule has 180 valence electrons. The molecule has 0 spiro atoms. The van der Waals surface area contributed by atoms with Crippen molar-refractivity contribution in [3.63, 3.8) is 0 Å². The number of nitrogens with zero attached hydrogens (tertiary/aromatic N) is 3. The van der Waals surface area contributed by atoms with Gasteiger partial charge in [-0.1, -0.05) is 18.7 Å².